The SMILES string of the molecule is CC(C)(C)OC(=O)N1CCC2(CC1)C(/C(N)=C\C(=O)c1ccc(F)cc1C(F)(F)F)C2(F)F. The maximum atomic E-state index is 14.8. The fraction of sp³-hybridized carbons (Fsp3) is 0.545. The van der Waals surface area contributed by atoms with Gasteiger partial charge in [-0.15, -0.1) is 0 Å². The Bertz CT molecular complexity index is 989. The van der Waals surface area contributed by atoms with E-state index in [1.165, 1.54) is 4.90 Å². The number of halogens is 6. The molecule has 1 saturated carbocycles. The molecule has 1 atom stereocenters. The van der Waals surface area contributed by atoms with Gasteiger partial charge in [0.05, 0.1) is 16.9 Å². The average Bonchev–Trinajstić information content (AvgIpc) is 3.13. The first-order valence-corrected chi connectivity index (χ1v) is 10.2. The lowest BCUT2D eigenvalue weighted by Gasteiger charge is -2.34. The molecule has 2 aliphatic rings. The van der Waals surface area contributed by atoms with Crippen LogP contribution in [0.5, 0.6) is 0 Å². The molecule has 1 aromatic carbocycles. The second kappa shape index (κ2) is 7.95. The number of nitrogens with zero attached hydrogens (tertiary/aromatic N) is 1. The van der Waals surface area contributed by atoms with Gasteiger partial charge < -0.3 is 15.4 Å². The molecule has 1 heterocycles. The molecule has 1 aliphatic carbocycles. The summed E-state index contributed by atoms with van der Waals surface area (Å²) in [5, 5.41) is 0. The van der Waals surface area contributed by atoms with Gasteiger partial charge in [0, 0.05) is 30.4 Å². The van der Waals surface area contributed by atoms with Crippen LogP contribution in [0.1, 0.15) is 49.5 Å². The molecule has 1 aliphatic heterocycles. The third kappa shape index (κ3) is 4.67. The summed E-state index contributed by atoms with van der Waals surface area (Å²) >= 11 is 0. The number of allylic oxidation sites excluding steroid dienone is 2. The molecule has 1 amide bonds. The minimum absolute atomic E-state index is 0.0155. The average molecular weight is 478 g/mol. The Kier molecular flexibility index (Phi) is 6.00. The number of likely N-dealkylation sites (tertiary alicyclic amines) is 1. The van der Waals surface area contributed by atoms with Gasteiger partial charge in [-0.3, -0.25) is 4.79 Å². The number of amides is 1. The minimum Gasteiger partial charge on any atom is -0.444 e. The van der Waals surface area contributed by atoms with E-state index < -0.39 is 63.6 Å². The maximum Gasteiger partial charge on any atom is 0.417 e. The predicted octanol–water partition coefficient (Wildman–Crippen LogP) is 5.15. The van der Waals surface area contributed by atoms with E-state index in [9.17, 15) is 35.9 Å². The molecule has 33 heavy (non-hydrogen) atoms. The Morgan fingerprint density at radius 1 is 1.15 bits per heavy atom. The second-order valence-electron chi connectivity index (χ2n) is 9.38. The molecule has 1 saturated heterocycles. The Morgan fingerprint density at radius 3 is 2.24 bits per heavy atom. The fourth-order valence-corrected chi connectivity index (χ4v) is 4.35. The minimum atomic E-state index is -5.02. The van der Waals surface area contributed by atoms with Crippen LogP contribution in [0.15, 0.2) is 30.0 Å². The first-order valence-electron chi connectivity index (χ1n) is 10.2. The van der Waals surface area contributed by atoms with Crippen LogP contribution in [0.25, 0.3) is 0 Å². The van der Waals surface area contributed by atoms with Crippen molar-refractivity contribution < 1.29 is 40.7 Å². The molecule has 2 fully saturated rings. The second-order valence-corrected chi connectivity index (χ2v) is 9.38. The number of ketones is 1. The molecular weight excluding hydrogens is 454 g/mol. The van der Waals surface area contributed by atoms with Crippen molar-refractivity contribution in [2.75, 3.05) is 13.1 Å². The van der Waals surface area contributed by atoms with Crippen molar-refractivity contribution >= 4 is 11.9 Å². The lowest BCUT2D eigenvalue weighted by molar-refractivity contribution is -0.138. The van der Waals surface area contributed by atoms with Crippen LogP contribution in [0.3, 0.4) is 0 Å². The zero-order valence-corrected chi connectivity index (χ0v) is 18.2. The van der Waals surface area contributed by atoms with Gasteiger partial charge in [-0.1, -0.05) is 0 Å². The van der Waals surface area contributed by atoms with Crippen LogP contribution in [0.2, 0.25) is 0 Å². The van der Waals surface area contributed by atoms with E-state index in [1.807, 2.05) is 0 Å². The van der Waals surface area contributed by atoms with E-state index in [0.717, 1.165) is 0 Å². The van der Waals surface area contributed by atoms with Crippen molar-refractivity contribution in [3.63, 3.8) is 0 Å². The highest BCUT2D eigenvalue weighted by molar-refractivity contribution is 6.06. The summed E-state index contributed by atoms with van der Waals surface area (Å²) in [7, 11) is 0. The van der Waals surface area contributed by atoms with Gasteiger partial charge in [0.15, 0.2) is 5.78 Å². The van der Waals surface area contributed by atoms with E-state index in [4.69, 9.17) is 10.5 Å². The van der Waals surface area contributed by atoms with Crippen LogP contribution in [0, 0.1) is 17.2 Å². The number of carbonyl (C=O) groups excluding carboxylic acids is 2. The van der Waals surface area contributed by atoms with Crippen LogP contribution in [-0.4, -0.2) is 41.4 Å². The van der Waals surface area contributed by atoms with Crippen LogP contribution in [0.4, 0.5) is 31.1 Å². The summed E-state index contributed by atoms with van der Waals surface area (Å²) < 4.78 is 87.6. The van der Waals surface area contributed by atoms with Crippen molar-refractivity contribution in [1.82, 2.24) is 4.90 Å². The predicted molar refractivity (Wildman–Crippen MR) is 106 cm³/mol. The van der Waals surface area contributed by atoms with E-state index in [0.29, 0.717) is 18.2 Å². The highest BCUT2D eigenvalue weighted by atomic mass is 19.4. The summed E-state index contributed by atoms with van der Waals surface area (Å²) in [6.45, 7) is 5.00. The molecular formula is C22H24F6N2O3. The van der Waals surface area contributed by atoms with Gasteiger partial charge in [-0.05, 0) is 51.8 Å². The summed E-state index contributed by atoms with van der Waals surface area (Å²) in [6.07, 6.45) is -5.33. The standard InChI is InChI=1S/C22H24F6N2O3/c1-19(2,3)33-18(32)30-8-6-20(7-9-30)17(21(20,24)25)15(29)11-16(31)13-5-4-12(23)10-14(13)22(26,27)28/h4-5,10-11,17H,6-9,29H2,1-3H3/b15-11+. The molecule has 11 heteroatoms. The zero-order chi connectivity index (χ0) is 25.0. The number of piperidine rings is 1. The molecule has 182 valence electrons. The van der Waals surface area contributed by atoms with Crippen LogP contribution < -0.4 is 5.73 Å². The van der Waals surface area contributed by atoms with Crippen molar-refractivity contribution in [1.29, 1.82) is 0 Å². The Morgan fingerprint density at radius 2 is 1.73 bits per heavy atom. The number of rotatable bonds is 3. The molecule has 5 nitrogen and oxygen atoms in total. The van der Waals surface area contributed by atoms with Gasteiger partial charge in [0.25, 0.3) is 5.92 Å². The highest BCUT2D eigenvalue weighted by Crippen LogP contribution is 2.72. The monoisotopic (exact) mass is 478 g/mol. The Labute approximate surface area is 186 Å². The Hall–Kier alpha value is -2.72. The van der Waals surface area contributed by atoms with E-state index in [1.54, 1.807) is 20.8 Å². The van der Waals surface area contributed by atoms with Gasteiger partial charge in [-0.25, -0.2) is 18.0 Å². The fourth-order valence-electron chi connectivity index (χ4n) is 4.35. The first-order chi connectivity index (χ1) is 15.0. The third-order valence-corrected chi connectivity index (χ3v) is 5.99. The summed E-state index contributed by atoms with van der Waals surface area (Å²) in [6, 6.07) is 1.48. The van der Waals surface area contributed by atoms with Crippen molar-refractivity contribution in [3.05, 3.63) is 46.9 Å². The largest absolute Gasteiger partial charge is 0.444 e. The van der Waals surface area contributed by atoms with E-state index in [2.05, 4.69) is 0 Å². The number of ether oxygens (including phenoxy) is 1. The summed E-state index contributed by atoms with van der Waals surface area (Å²) in [5.74, 6) is -7.28. The topological polar surface area (TPSA) is 72.6 Å². The lowest BCUT2D eigenvalue weighted by atomic mass is 9.89. The van der Waals surface area contributed by atoms with E-state index >= 15 is 0 Å². The van der Waals surface area contributed by atoms with E-state index in [-0.39, 0.29) is 32.0 Å². The first kappa shape index (κ1) is 24.9. The number of alkyl halides is 5. The van der Waals surface area contributed by atoms with Crippen molar-refractivity contribution in [2.24, 2.45) is 17.1 Å². The van der Waals surface area contributed by atoms with Crippen molar-refractivity contribution in [3.8, 4) is 0 Å². The number of carbonyl (C=O) groups is 2. The maximum absolute atomic E-state index is 14.8. The molecule has 0 radical (unpaired) electrons. The zero-order valence-electron chi connectivity index (χ0n) is 18.2. The lowest BCUT2D eigenvalue weighted by Crippen LogP contribution is -2.43. The van der Waals surface area contributed by atoms with Gasteiger partial charge in [0.1, 0.15) is 11.4 Å². The van der Waals surface area contributed by atoms with Crippen molar-refractivity contribution in [2.45, 2.75) is 51.3 Å². The molecule has 1 aromatic rings. The molecule has 1 spiro atoms. The van der Waals surface area contributed by atoms with Gasteiger partial charge in [-0.2, -0.15) is 13.2 Å². The highest BCUT2D eigenvalue weighted by Gasteiger charge is 2.81. The quantitative estimate of drug-likeness (QED) is 0.371. The molecule has 1 unspecified atom stereocenters. The smallest absolute Gasteiger partial charge is 0.417 e. The number of hydrogen-bond acceptors (Lipinski definition) is 4. The molecule has 0 bridgehead atoms. The van der Waals surface area contributed by atoms with Crippen LogP contribution in [-0.2, 0) is 10.9 Å². The van der Waals surface area contributed by atoms with Crippen LogP contribution >= 0.6 is 0 Å². The normalized spacial score (nSPS) is 22.3. The number of nitrogens with two attached hydrogens (primary N) is 1. The number of benzene rings is 1. The Balaban J connectivity index is 1.77. The summed E-state index contributed by atoms with van der Waals surface area (Å²) in [5.41, 5.74) is 0.474. The van der Waals surface area contributed by atoms with Gasteiger partial charge in [0.2, 0.25) is 0 Å². The summed E-state index contributed by atoms with van der Waals surface area (Å²) in [4.78, 5) is 25.9. The number of hydrogen-bond donors (Lipinski definition) is 1. The molecule has 3 rings (SSSR count). The molecule has 2 N–H and O–H groups in total. The third-order valence-electron chi connectivity index (χ3n) is 5.99. The van der Waals surface area contributed by atoms with Gasteiger partial charge >= 0.3 is 12.3 Å². The molecule has 0 aromatic heterocycles.